The summed E-state index contributed by atoms with van der Waals surface area (Å²) in [5, 5.41) is 3.83. The average Bonchev–Trinajstić information content (AvgIpc) is 3.21. The molecule has 0 aromatic heterocycles. The Hall–Kier alpha value is -1.57. The molecule has 2 heterocycles. The van der Waals surface area contributed by atoms with Gasteiger partial charge in [-0.25, -0.2) is 10.9 Å². The first-order chi connectivity index (χ1) is 13.7. The lowest BCUT2D eigenvalue weighted by atomic mass is 10.0. The number of carbonyl (C=O) groups excluding carboxylic acids is 1. The number of anilines is 1. The number of benzene rings is 2. The van der Waals surface area contributed by atoms with Gasteiger partial charge in [-0.05, 0) is 35.7 Å². The van der Waals surface area contributed by atoms with Crippen LogP contribution in [0.15, 0.2) is 48.5 Å². The van der Waals surface area contributed by atoms with Gasteiger partial charge in [0.2, 0.25) is 5.91 Å². The van der Waals surface area contributed by atoms with Crippen molar-refractivity contribution in [1.29, 1.82) is 0 Å². The van der Waals surface area contributed by atoms with Crippen molar-refractivity contribution in [2.45, 2.75) is 25.0 Å². The van der Waals surface area contributed by atoms with E-state index in [2.05, 4.69) is 27.1 Å². The Morgan fingerprint density at radius 1 is 1.14 bits per heavy atom. The number of para-hydroxylation sites is 1. The molecule has 2 aromatic rings. The van der Waals surface area contributed by atoms with E-state index in [1.54, 1.807) is 0 Å². The van der Waals surface area contributed by atoms with Crippen LogP contribution < -0.4 is 16.2 Å². The maximum atomic E-state index is 12.8. The lowest BCUT2D eigenvalue weighted by Gasteiger charge is -2.27. The lowest BCUT2D eigenvalue weighted by Crippen LogP contribution is -2.40. The van der Waals surface area contributed by atoms with Crippen LogP contribution in [0.2, 0.25) is 5.02 Å². The van der Waals surface area contributed by atoms with Gasteiger partial charge in [0.1, 0.15) is 6.04 Å². The van der Waals surface area contributed by atoms with Gasteiger partial charge in [-0.3, -0.25) is 9.69 Å². The zero-order valence-electron chi connectivity index (χ0n) is 15.7. The minimum Gasteiger partial charge on any atom is -0.324 e. The zero-order valence-corrected chi connectivity index (χ0v) is 17.2. The largest absolute Gasteiger partial charge is 0.324 e. The van der Waals surface area contributed by atoms with Crippen molar-refractivity contribution in [3.63, 3.8) is 0 Å². The van der Waals surface area contributed by atoms with Gasteiger partial charge in [-0.15, -0.1) is 0 Å². The summed E-state index contributed by atoms with van der Waals surface area (Å²) in [4.78, 5) is 15.3. The number of nitrogens with zero attached hydrogens (tertiary/aromatic N) is 1. The van der Waals surface area contributed by atoms with Crippen molar-refractivity contribution in [1.82, 2.24) is 15.8 Å². The van der Waals surface area contributed by atoms with E-state index in [4.69, 9.17) is 11.6 Å². The molecule has 1 amide bonds. The van der Waals surface area contributed by atoms with Gasteiger partial charge in [-0.1, -0.05) is 41.9 Å². The standard InChI is InChI=1S/C21H25ClN4OS/c22-17-6-3-5-15(12-17)19-13-20(25-24-19)21(27)23-18-7-2-1-4-16(18)14-26-8-10-28-11-9-26/h1-7,12,19-20,24-25H,8-11,13-14H2,(H,23,27). The molecule has 2 aliphatic heterocycles. The van der Waals surface area contributed by atoms with Crippen LogP contribution in [-0.2, 0) is 11.3 Å². The van der Waals surface area contributed by atoms with Gasteiger partial charge in [0.15, 0.2) is 0 Å². The molecule has 2 saturated heterocycles. The molecular weight excluding hydrogens is 392 g/mol. The van der Waals surface area contributed by atoms with Gasteiger partial charge in [-0.2, -0.15) is 11.8 Å². The topological polar surface area (TPSA) is 56.4 Å². The fourth-order valence-electron chi connectivity index (χ4n) is 3.67. The van der Waals surface area contributed by atoms with Crippen molar-refractivity contribution in [3.8, 4) is 0 Å². The lowest BCUT2D eigenvalue weighted by molar-refractivity contribution is -0.117. The Morgan fingerprint density at radius 3 is 2.79 bits per heavy atom. The number of thioether (sulfide) groups is 1. The Balaban J connectivity index is 1.39. The molecule has 0 aliphatic carbocycles. The normalized spacial score (nSPS) is 22.9. The number of hydrazine groups is 1. The number of halogens is 1. The molecular formula is C21H25ClN4OS. The van der Waals surface area contributed by atoms with Crippen molar-refractivity contribution in [2.75, 3.05) is 29.9 Å². The average molecular weight is 417 g/mol. The molecule has 2 fully saturated rings. The molecule has 0 saturated carbocycles. The zero-order chi connectivity index (χ0) is 19.3. The Labute approximate surface area is 175 Å². The van der Waals surface area contributed by atoms with E-state index in [9.17, 15) is 4.79 Å². The highest BCUT2D eigenvalue weighted by Gasteiger charge is 2.30. The van der Waals surface area contributed by atoms with E-state index in [0.29, 0.717) is 11.4 Å². The van der Waals surface area contributed by atoms with Crippen LogP contribution >= 0.6 is 23.4 Å². The van der Waals surface area contributed by atoms with E-state index in [-0.39, 0.29) is 18.0 Å². The number of nitrogens with one attached hydrogen (secondary N) is 3. The quantitative estimate of drug-likeness (QED) is 0.697. The summed E-state index contributed by atoms with van der Waals surface area (Å²) in [6.07, 6.45) is 0.678. The van der Waals surface area contributed by atoms with Gasteiger partial charge >= 0.3 is 0 Å². The molecule has 148 valence electrons. The van der Waals surface area contributed by atoms with E-state index < -0.39 is 0 Å². The highest BCUT2D eigenvalue weighted by molar-refractivity contribution is 7.99. The van der Waals surface area contributed by atoms with Crippen molar-refractivity contribution < 1.29 is 4.79 Å². The van der Waals surface area contributed by atoms with Crippen LogP contribution in [0.5, 0.6) is 0 Å². The third kappa shape index (κ3) is 4.88. The van der Waals surface area contributed by atoms with Gasteiger partial charge in [0.05, 0.1) is 0 Å². The van der Waals surface area contributed by atoms with Crippen LogP contribution in [0, 0.1) is 0 Å². The summed E-state index contributed by atoms with van der Waals surface area (Å²) in [5.41, 5.74) is 9.49. The molecule has 2 unspecified atom stereocenters. The Kier molecular flexibility index (Phi) is 6.54. The number of hydrogen-bond donors (Lipinski definition) is 3. The molecule has 3 N–H and O–H groups in total. The summed E-state index contributed by atoms with van der Waals surface area (Å²) in [6.45, 7) is 3.07. The summed E-state index contributed by atoms with van der Waals surface area (Å²) >= 11 is 8.10. The number of hydrogen-bond acceptors (Lipinski definition) is 5. The monoisotopic (exact) mass is 416 g/mol. The SMILES string of the molecule is O=C(Nc1ccccc1CN1CCSCC1)C1CC(c2cccc(Cl)c2)NN1. The highest BCUT2D eigenvalue weighted by atomic mass is 35.5. The van der Waals surface area contributed by atoms with Crippen LogP contribution in [0.3, 0.4) is 0 Å². The first-order valence-electron chi connectivity index (χ1n) is 9.64. The summed E-state index contributed by atoms with van der Waals surface area (Å²) in [5.74, 6) is 2.34. The van der Waals surface area contributed by atoms with Crippen LogP contribution in [0.1, 0.15) is 23.6 Å². The molecule has 4 rings (SSSR count). The molecule has 28 heavy (non-hydrogen) atoms. The fraction of sp³-hybridized carbons (Fsp3) is 0.381. The van der Waals surface area contributed by atoms with Gasteiger partial charge < -0.3 is 5.32 Å². The number of carbonyl (C=O) groups is 1. The molecule has 2 aliphatic rings. The van der Waals surface area contributed by atoms with Crippen molar-refractivity contribution in [3.05, 3.63) is 64.7 Å². The van der Waals surface area contributed by atoms with Gasteiger partial charge in [0.25, 0.3) is 0 Å². The Morgan fingerprint density at radius 2 is 1.96 bits per heavy atom. The van der Waals surface area contributed by atoms with Gasteiger partial charge in [0, 0.05) is 47.9 Å². The third-order valence-electron chi connectivity index (χ3n) is 5.24. The third-order valence-corrected chi connectivity index (χ3v) is 6.42. The first-order valence-corrected chi connectivity index (χ1v) is 11.2. The van der Waals surface area contributed by atoms with E-state index >= 15 is 0 Å². The Bertz CT molecular complexity index is 828. The minimum atomic E-state index is -0.288. The van der Waals surface area contributed by atoms with E-state index in [0.717, 1.165) is 30.9 Å². The highest BCUT2D eigenvalue weighted by Crippen LogP contribution is 2.26. The maximum absolute atomic E-state index is 12.8. The number of amides is 1. The summed E-state index contributed by atoms with van der Waals surface area (Å²) in [7, 11) is 0. The maximum Gasteiger partial charge on any atom is 0.242 e. The summed E-state index contributed by atoms with van der Waals surface area (Å²) < 4.78 is 0. The van der Waals surface area contributed by atoms with Crippen LogP contribution in [0.25, 0.3) is 0 Å². The van der Waals surface area contributed by atoms with Crippen LogP contribution in [-0.4, -0.2) is 41.4 Å². The number of rotatable bonds is 5. The van der Waals surface area contributed by atoms with Crippen LogP contribution in [0.4, 0.5) is 5.69 Å². The molecule has 2 aromatic carbocycles. The second kappa shape index (κ2) is 9.29. The molecule has 0 radical (unpaired) electrons. The predicted molar refractivity (Wildman–Crippen MR) is 117 cm³/mol. The van der Waals surface area contributed by atoms with Crippen molar-refractivity contribution >= 4 is 35.0 Å². The minimum absolute atomic E-state index is 0.0151. The molecule has 0 spiro atoms. The smallest absolute Gasteiger partial charge is 0.242 e. The first kappa shape index (κ1) is 19.7. The van der Waals surface area contributed by atoms with Crippen molar-refractivity contribution in [2.24, 2.45) is 0 Å². The molecule has 5 nitrogen and oxygen atoms in total. The molecule has 2 atom stereocenters. The molecule has 7 heteroatoms. The second-order valence-corrected chi connectivity index (χ2v) is 8.88. The second-order valence-electron chi connectivity index (χ2n) is 7.22. The van der Waals surface area contributed by atoms with E-state index in [1.807, 2.05) is 54.2 Å². The van der Waals surface area contributed by atoms with E-state index in [1.165, 1.54) is 17.1 Å². The predicted octanol–water partition coefficient (Wildman–Crippen LogP) is 3.44. The fourth-order valence-corrected chi connectivity index (χ4v) is 4.85. The molecule has 0 bridgehead atoms. The summed E-state index contributed by atoms with van der Waals surface area (Å²) in [6, 6.07) is 15.6.